The third-order valence-electron chi connectivity index (χ3n) is 7.39. The maximum absolute atomic E-state index is 13.7. The Morgan fingerprint density at radius 2 is 1.26 bits per heavy atom. The van der Waals surface area contributed by atoms with E-state index in [4.69, 9.17) is 40.1 Å². The lowest BCUT2D eigenvalue weighted by atomic mass is 9.88. The van der Waals surface area contributed by atoms with E-state index in [9.17, 15) is 24.0 Å². The van der Waals surface area contributed by atoms with Gasteiger partial charge in [0.1, 0.15) is 29.1 Å². The highest BCUT2D eigenvalue weighted by Crippen LogP contribution is 2.28. The van der Waals surface area contributed by atoms with Crippen LogP contribution in [0.15, 0.2) is 71.7 Å². The van der Waals surface area contributed by atoms with E-state index in [1.807, 2.05) is 18.2 Å². The van der Waals surface area contributed by atoms with E-state index in [1.165, 1.54) is 35.2 Å². The van der Waals surface area contributed by atoms with Gasteiger partial charge in [-0.15, -0.1) is 0 Å². The van der Waals surface area contributed by atoms with E-state index in [-0.39, 0.29) is 64.8 Å². The fraction of sp³-hybridized carbons (Fsp3) is 0.444. The lowest BCUT2D eigenvalue weighted by Crippen LogP contribution is -2.47. The molecule has 16 heteroatoms. The summed E-state index contributed by atoms with van der Waals surface area (Å²) in [7, 11) is 0. The molecule has 0 heterocycles. The quantitative estimate of drug-likeness (QED) is 0.0649. The predicted octanol–water partition coefficient (Wildman–Crippen LogP) is 8.91. The van der Waals surface area contributed by atoms with Crippen LogP contribution in [0.4, 0.5) is 21.0 Å². The first-order chi connectivity index (χ1) is 28.1. The lowest BCUT2D eigenvalue weighted by Gasteiger charge is -2.26. The van der Waals surface area contributed by atoms with E-state index < -0.39 is 40.9 Å². The summed E-state index contributed by atoms with van der Waals surface area (Å²) in [6, 6.07) is 18.2. The summed E-state index contributed by atoms with van der Waals surface area (Å²) in [4.78, 5) is 86.5. The molecule has 0 bridgehead atoms. The Bertz CT molecular complexity index is 2050. The molecule has 0 atom stereocenters. The first-order valence-corrected chi connectivity index (χ1v) is 19.7. The van der Waals surface area contributed by atoms with E-state index in [1.54, 1.807) is 80.5 Å². The first-order valence-electron chi connectivity index (χ1n) is 19.4. The second kappa shape index (κ2) is 22.0. The Hall–Kier alpha value is -6.05. The minimum absolute atomic E-state index is 0.0209. The zero-order valence-corrected chi connectivity index (χ0v) is 37.7. The largest absolute Gasteiger partial charge is 0.459 e. The van der Waals surface area contributed by atoms with Gasteiger partial charge in [-0.05, 0) is 140 Å². The van der Waals surface area contributed by atoms with Crippen LogP contribution in [0, 0.1) is 5.41 Å². The molecular weight excluding hydrogens is 808 g/mol. The molecule has 15 nitrogen and oxygen atoms in total. The maximum Gasteiger partial charge on any atom is 0.414 e. The summed E-state index contributed by atoms with van der Waals surface area (Å²) < 4.78 is 21.7. The number of hydrogen-bond acceptors (Lipinski definition) is 12. The van der Waals surface area contributed by atoms with Gasteiger partial charge >= 0.3 is 30.3 Å². The molecule has 0 fully saturated rings. The summed E-state index contributed by atoms with van der Waals surface area (Å²) in [6.07, 6.45) is -0.365. The number of benzene rings is 3. The maximum atomic E-state index is 13.7. The molecule has 2 N–H and O–H groups in total. The van der Waals surface area contributed by atoms with Crippen molar-refractivity contribution in [2.45, 2.75) is 119 Å². The monoisotopic (exact) mass is 864 g/mol. The third kappa shape index (κ3) is 20.7. The van der Waals surface area contributed by atoms with Crippen LogP contribution in [-0.4, -0.2) is 65.5 Å². The van der Waals surface area contributed by atoms with Gasteiger partial charge in [0.15, 0.2) is 0 Å². The van der Waals surface area contributed by atoms with Crippen molar-refractivity contribution in [3.05, 3.63) is 88.4 Å². The van der Waals surface area contributed by atoms with Crippen molar-refractivity contribution in [1.29, 1.82) is 0 Å². The summed E-state index contributed by atoms with van der Waals surface area (Å²) in [5.41, 5.74) is 0.437. The number of ether oxygens (including phenoxy) is 4. The number of nitrogens with one attached hydrogen (secondary N) is 2. The SMILES string of the molecule is CC(C)(C)Cc1cccc(N(CC(=O)OC(C)(C)C)C(=O)CCc2ccc(OC(=O)c3ccc(N=C(NC(=O)OC(C)(C)C)NC(=O)OC(C)(C)C)cc3)cc2Cl)c1.O=C=O. The highest BCUT2D eigenvalue weighted by atomic mass is 35.5. The molecule has 0 aliphatic heterocycles. The lowest BCUT2D eigenvalue weighted by molar-refractivity contribution is -0.191. The molecule has 3 aromatic carbocycles. The number of rotatable bonds is 10. The molecule has 0 radical (unpaired) electrons. The van der Waals surface area contributed by atoms with Crippen molar-refractivity contribution in [3.63, 3.8) is 0 Å². The first kappa shape index (κ1) is 51.1. The van der Waals surface area contributed by atoms with Crippen molar-refractivity contribution in [3.8, 4) is 5.75 Å². The van der Waals surface area contributed by atoms with Gasteiger partial charge in [0.25, 0.3) is 0 Å². The van der Waals surface area contributed by atoms with Gasteiger partial charge < -0.3 is 23.8 Å². The zero-order chi connectivity index (χ0) is 46.3. The normalized spacial score (nSPS) is 11.4. The van der Waals surface area contributed by atoms with Crippen LogP contribution >= 0.6 is 11.6 Å². The number of alkyl carbamates (subject to hydrolysis) is 2. The van der Waals surface area contributed by atoms with Crippen molar-refractivity contribution in [2.24, 2.45) is 10.4 Å². The Morgan fingerprint density at radius 1 is 0.721 bits per heavy atom. The molecule has 0 saturated heterocycles. The topological polar surface area (TPSA) is 196 Å². The van der Waals surface area contributed by atoms with Gasteiger partial charge in [0.2, 0.25) is 11.9 Å². The van der Waals surface area contributed by atoms with E-state index in [0.717, 1.165) is 12.0 Å². The standard InChI is InChI=1S/C44H57ClN4O9.CO2/c1-41(2,3)26-28-14-13-15-32(24-28)49(27-36(51)56-42(4,5)6)35(50)23-19-29-18-22-33(25-34(29)45)55-37(52)30-16-20-31(21-17-30)46-38(47-39(53)57-43(7,8)9)48-40(54)58-44(10,11)12;2-1-3/h13-18,20-22,24-25H,19,23,26-27H2,1-12H3,(H2,46,47,48,53,54);. The molecule has 61 heavy (non-hydrogen) atoms. The molecule has 0 aliphatic carbocycles. The molecule has 3 aromatic rings. The number of halogens is 1. The number of esters is 2. The molecule has 0 saturated carbocycles. The van der Waals surface area contributed by atoms with Gasteiger partial charge in [0.05, 0.1) is 11.3 Å². The summed E-state index contributed by atoms with van der Waals surface area (Å²) in [5, 5.41) is 5.09. The van der Waals surface area contributed by atoms with Gasteiger partial charge in [0, 0.05) is 17.1 Å². The molecule has 3 amide bonds. The smallest absolute Gasteiger partial charge is 0.414 e. The Balaban J connectivity index is 0.00000414. The molecule has 3 rings (SSSR count). The summed E-state index contributed by atoms with van der Waals surface area (Å²) >= 11 is 6.61. The number of amides is 3. The Labute approximate surface area is 362 Å². The molecule has 0 aromatic heterocycles. The number of aryl methyl sites for hydroxylation is 1. The number of aliphatic imine (C=N–C) groups is 1. The average Bonchev–Trinajstić information content (AvgIpc) is 3.07. The number of guanidine groups is 1. The van der Waals surface area contributed by atoms with Crippen LogP contribution in [0.3, 0.4) is 0 Å². The molecule has 0 aliphatic rings. The number of carbonyl (C=O) groups excluding carboxylic acids is 7. The average molecular weight is 865 g/mol. The second-order valence-electron chi connectivity index (χ2n) is 18.0. The molecule has 330 valence electrons. The van der Waals surface area contributed by atoms with E-state index >= 15 is 0 Å². The van der Waals surface area contributed by atoms with Crippen LogP contribution in [0.1, 0.15) is 111 Å². The number of nitrogens with zero attached hydrogens (tertiary/aromatic N) is 2. The van der Waals surface area contributed by atoms with Crippen molar-refractivity contribution >= 4 is 65.1 Å². The number of carbonyl (C=O) groups is 5. The molecule has 0 spiro atoms. The predicted molar refractivity (Wildman–Crippen MR) is 230 cm³/mol. The van der Waals surface area contributed by atoms with E-state index in [0.29, 0.717) is 11.3 Å². The van der Waals surface area contributed by atoms with Gasteiger partial charge in [-0.25, -0.2) is 19.4 Å². The van der Waals surface area contributed by atoms with Crippen molar-refractivity contribution in [2.75, 3.05) is 11.4 Å². The van der Waals surface area contributed by atoms with Crippen LogP contribution in [-0.2, 0) is 46.2 Å². The minimum atomic E-state index is -0.851. The van der Waals surface area contributed by atoms with Crippen molar-refractivity contribution in [1.82, 2.24) is 10.6 Å². The highest BCUT2D eigenvalue weighted by molar-refractivity contribution is 6.31. The number of anilines is 1. The van der Waals surface area contributed by atoms with E-state index in [2.05, 4.69) is 36.4 Å². The van der Waals surface area contributed by atoms with Crippen LogP contribution in [0.2, 0.25) is 5.02 Å². The zero-order valence-electron chi connectivity index (χ0n) is 36.9. The summed E-state index contributed by atoms with van der Waals surface area (Å²) in [6.45, 7) is 21.6. The third-order valence-corrected chi connectivity index (χ3v) is 7.74. The Kier molecular flexibility index (Phi) is 18.4. The second-order valence-corrected chi connectivity index (χ2v) is 18.4. The number of hydrogen-bond donors (Lipinski definition) is 2. The van der Waals surface area contributed by atoms with Gasteiger partial charge in [-0.1, -0.05) is 50.6 Å². The van der Waals surface area contributed by atoms with Crippen LogP contribution < -0.4 is 20.3 Å². The fourth-order valence-electron chi connectivity index (χ4n) is 5.30. The van der Waals surface area contributed by atoms with Crippen LogP contribution in [0.5, 0.6) is 5.75 Å². The Morgan fingerprint density at radius 3 is 1.75 bits per heavy atom. The summed E-state index contributed by atoms with van der Waals surface area (Å²) in [5.74, 6) is -1.56. The molecular formula is C45H57ClN4O11. The minimum Gasteiger partial charge on any atom is -0.459 e. The van der Waals surface area contributed by atoms with Gasteiger partial charge in [-0.3, -0.25) is 20.2 Å². The van der Waals surface area contributed by atoms with Crippen molar-refractivity contribution < 1.29 is 52.5 Å². The van der Waals surface area contributed by atoms with Crippen LogP contribution in [0.25, 0.3) is 0 Å². The fourth-order valence-corrected chi connectivity index (χ4v) is 5.56. The molecule has 0 unspecified atom stereocenters. The van der Waals surface area contributed by atoms with Gasteiger partial charge in [-0.2, -0.15) is 9.59 Å². The highest BCUT2D eigenvalue weighted by Gasteiger charge is 2.25.